The highest BCUT2D eigenvalue weighted by Gasteiger charge is 2.46. The van der Waals surface area contributed by atoms with Crippen LogP contribution in [0.1, 0.15) is 50.7 Å². The zero-order chi connectivity index (χ0) is 14.7. The first-order valence-electron chi connectivity index (χ1n) is 7.85. The Morgan fingerprint density at radius 2 is 1.81 bits per heavy atom. The molecule has 1 aromatic rings. The molecule has 1 aromatic carbocycles. The number of rotatable bonds is 3. The van der Waals surface area contributed by atoms with Gasteiger partial charge in [-0.2, -0.15) is 0 Å². The fourth-order valence-corrected chi connectivity index (χ4v) is 2.75. The predicted molar refractivity (Wildman–Crippen MR) is 86.9 cm³/mol. The maximum Gasteiger partial charge on any atom is 0.0937 e. The molecule has 0 N–H and O–H groups in total. The lowest BCUT2D eigenvalue weighted by Crippen LogP contribution is -2.17. The summed E-state index contributed by atoms with van der Waals surface area (Å²) < 4.78 is 6.08. The normalized spacial score (nSPS) is 18.9. The molecule has 0 atom stereocenters. The van der Waals surface area contributed by atoms with Crippen molar-refractivity contribution in [1.29, 1.82) is 0 Å². The number of hydrogen-bond acceptors (Lipinski definition) is 1. The molecule has 3 rings (SSSR count). The van der Waals surface area contributed by atoms with Crippen molar-refractivity contribution < 1.29 is 4.74 Å². The lowest BCUT2D eigenvalue weighted by Gasteiger charge is -2.19. The average molecular weight is 278 g/mol. The third kappa shape index (κ3) is 3.46. The van der Waals surface area contributed by atoms with Crippen molar-refractivity contribution in [2.45, 2.75) is 51.2 Å². The van der Waals surface area contributed by atoms with Crippen molar-refractivity contribution in [1.82, 2.24) is 0 Å². The van der Waals surface area contributed by atoms with E-state index in [1.807, 2.05) is 0 Å². The van der Waals surface area contributed by atoms with Gasteiger partial charge in [-0.3, -0.25) is 0 Å². The van der Waals surface area contributed by atoms with Gasteiger partial charge in [0, 0.05) is 11.1 Å². The Bertz CT molecular complexity index is 616. The maximum absolute atomic E-state index is 6.08. The van der Waals surface area contributed by atoms with Gasteiger partial charge < -0.3 is 4.74 Å². The lowest BCUT2D eigenvalue weighted by molar-refractivity contribution is -0.0143. The van der Waals surface area contributed by atoms with Crippen LogP contribution >= 0.6 is 0 Å². The number of ether oxygens (including phenoxy) is 1. The third-order valence-corrected chi connectivity index (χ3v) is 3.92. The molecule has 2 aliphatic rings. The summed E-state index contributed by atoms with van der Waals surface area (Å²) in [6, 6.07) is 8.56. The quantitative estimate of drug-likeness (QED) is 0.726. The molecule has 0 heterocycles. The second kappa shape index (κ2) is 5.92. The van der Waals surface area contributed by atoms with Gasteiger partial charge in [0.05, 0.1) is 11.7 Å². The standard InChI is InChI=1S/C20H22O/c1-16(2)21-20(14-15-20)19-12-10-18(11-13-19)9-8-17-6-4-3-5-7-17/h4,6-7,10-13,16H,3,5,14-15H2,1-2H3. The molecule has 1 heteroatoms. The Kier molecular flexibility index (Phi) is 3.99. The molecule has 0 unspecified atom stereocenters. The van der Waals surface area contributed by atoms with E-state index in [1.165, 1.54) is 5.56 Å². The first-order valence-corrected chi connectivity index (χ1v) is 7.85. The van der Waals surface area contributed by atoms with Crippen molar-refractivity contribution in [2.75, 3.05) is 0 Å². The minimum atomic E-state index is -0.0191. The van der Waals surface area contributed by atoms with Gasteiger partial charge in [0.15, 0.2) is 0 Å². The van der Waals surface area contributed by atoms with Crippen molar-refractivity contribution in [3.05, 3.63) is 59.2 Å². The summed E-state index contributed by atoms with van der Waals surface area (Å²) in [6.07, 6.45) is 11.3. The largest absolute Gasteiger partial charge is 0.368 e. The first-order chi connectivity index (χ1) is 10.2. The smallest absolute Gasteiger partial charge is 0.0937 e. The minimum absolute atomic E-state index is 0.0191. The predicted octanol–water partition coefficient (Wildman–Crippen LogP) is 4.73. The molecule has 0 saturated heterocycles. The molecule has 21 heavy (non-hydrogen) atoms. The average Bonchev–Trinajstić information content (AvgIpc) is 3.27. The van der Waals surface area contributed by atoms with Gasteiger partial charge in [0.1, 0.15) is 0 Å². The van der Waals surface area contributed by atoms with Gasteiger partial charge in [0.25, 0.3) is 0 Å². The highest BCUT2D eigenvalue weighted by molar-refractivity contribution is 5.47. The topological polar surface area (TPSA) is 9.23 Å². The van der Waals surface area contributed by atoms with Gasteiger partial charge in [-0.1, -0.05) is 42.2 Å². The van der Waals surface area contributed by atoms with E-state index in [2.05, 4.69) is 68.2 Å². The summed E-state index contributed by atoms with van der Waals surface area (Å²) in [5, 5.41) is 0. The second-order valence-electron chi connectivity index (χ2n) is 6.13. The maximum atomic E-state index is 6.08. The number of allylic oxidation sites excluding steroid dienone is 4. The van der Waals surface area contributed by atoms with Crippen LogP contribution in [0, 0.1) is 11.8 Å². The SMILES string of the molecule is CC(C)OC1(c2ccc(C#CC3=CCCC=C3)cc2)CC1. The van der Waals surface area contributed by atoms with Gasteiger partial charge in [-0.25, -0.2) is 0 Å². The third-order valence-electron chi connectivity index (χ3n) is 3.92. The van der Waals surface area contributed by atoms with Gasteiger partial charge >= 0.3 is 0 Å². The fourth-order valence-electron chi connectivity index (χ4n) is 2.75. The molecule has 1 nitrogen and oxygen atoms in total. The summed E-state index contributed by atoms with van der Waals surface area (Å²) in [5.41, 5.74) is 3.47. The molecule has 108 valence electrons. The van der Waals surface area contributed by atoms with E-state index >= 15 is 0 Å². The van der Waals surface area contributed by atoms with Crippen molar-refractivity contribution in [2.24, 2.45) is 0 Å². The molecular weight excluding hydrogens is 256 g/mol. The van der Waals surface area contributed by atoms with Crippen molar-refractivity contribution >= 4 is 0 Å². The van der Waals surface area contributed by atoms with E-state index < -0.39 is 0 Å². The molecule has 1 fully saturated rings. The molecule has 0 aromatic heterocycles. The van der Waals surface area contributed by atoms with E-state index in [0.29, 0.717) is 0 Å². The van der Waals surface area contributed by atoms with E-state index in [0.717, 1.165) is 36.8 Å². The molecular formula is C20H22O. The number of benzene rings is 1. The van der Waals surface area contributed by atoms with Crippen LogP contribution in [0.2, 0.25) is 0 Å². The number of hydrogen-bond donors (Lipinski definition) is 0. The summed E-state index contributed by atoms with van der Waals surface area (Å²) in [7, 11) is 0. The Balaban J connectivity index is 1.72. The first kappa shape index (κ1) is 14.2. The van der Waals surface area contributed by atoms with Gasteiger partial charge in [-0.15, -0.1) is 0 Å². The Hall–Kier alpha value is -1.78. The summed E-state index contributed by atoms with van der Waals surface area (Å²) in [6.45, 7) is 4.21. The van der Waals surface area contributed by atoms with Crippen LogP contribution in [0.3, 0.4) is 0 Å². The van der Waals surface area contributed by atoms with Crippen LogP contribution in [0.15, 0.2) is 48.1 Å². The van der Waals surface area contributed by atoms with Crippen LogP contribution < -0.4 is 0 Å². The van der Waals surface area contributed by atoms with Crippen LogP contribution in [-0.4, -0.2) is 6.10 Å². The molecule has 2 aliphatic carbocycles. The second-order valence-corrected chi connectivity index (χ2v) is 6.13. The Morgan fingerprint density at radius 3 is 2.38 bits per heavy atom. The molecule has 0 radical (unpaired) electrons. The van der Waals surface area contributed by atoms with Crippen LogP contribution in [0.5, 0.6) is 0 Å². The lowest BCUT2D eigenvalue weighted by atomic mass is 10.0. The minimum Gasteiger partial charge on any atom is -0.368 e. The molecule has 0 aliphatic heterocycles. The van der Waals surface area contributed by atoms with Crippen LogP contribution in [0.25, 0.3) is 0 Å². The van der Waals surface area contributed by atoms with Crippen molar-refractivity contribution in [3.8, 4) is 11.8 Å². The Morgan fingerprint density at radius 1 is 1.05 bits per heavy atom. The van der Waals surface area contributed by atoms with E-state index in [4.69, 9.17) is 4.74 Å². The monoisotopic (exact) mass is 278 g/mol. The summed E-state index contributed by atoms with van der Waals surface area (Å²) in [4.78, 5) is 0. The fraction of sp³-hybridized carbons (Fsp3) is 0.400. The van der Waals surface area contributed by atoms with E-state index in [1.54, 1.807) is 0 Å². The van der Waals surface area contributed by atoms with E-state index in [-0.39, 0.29) is 11.7 Å². The molecule has 0 amide bonds. The highest BCUT2D eigenvalue weighted by atomic mass is 16.5. The Labute approximate surface area is 127 Å². The molecule has 1 saturated carbocycles. The van der Waals surface area contributed by atoms with Gasteiger partial charge in [-0.05, 0) is 57.2 Å². The molecule has 0 bridgehead atoms. The summed E-state index contributed by atoms with van der Waals surface area (Å²) in [5.74, 6) is 6.48. The summed E-state index contributed by atoms with van der Waals surface area (Å²) >= 11 is 0. The van der Waals surface area contributed by atoms with Gasteiger partial charge in [0.2, 0.25) is 0 Å². The van der Waals surface area contributed by atoms with Crippen LogP contribution in [-0.2, 0) is 10.3 Å². The van der Waals surface area contributed by atoms with E-state index in [9.17, 15) is 0 Å². The van der Waals surface area contributed by atoms with Crippen LogP contribution in [0.4, 0.5) is 0 Å². The zero-order valence-electron chi connectivity index (χ0n) is 12.9. The van der Waals surface area contributed by atoms with Crippen molar-refractivity contribution in [3.63, 3.8) is 0 Å². The highest BCUT2D eigenvalue weighted by Crippen LogP contribution is 2.49. The zero-order valence-corrected chi connectivity index (χ0v) is 12.9. The molecule has 0 spiro atoms.